The van der Waals surface area contributed by atoms with Gasteiger partial charge in [0.15, 0.2) is 0 Å². The Morgan fingerprint density at radius 3 is 1.73 bits per heavy atom. The molecule has 246 valence electrons. The molecule has 1 aromatic heterocycles. The molecule has 0 aliphatic heterocycles. The molecule has 0 N–H and O–H groups in total. The molecule has 0 bridgehead atoms. The molecule has 0 unspecified atom stereocenters. The molecule has 1 aliphatic carbocycles. The molecule has 9 aromatic rings. The van der Waals surface area contributed by atoms with E-state index < -0.39 is 5.41 Å². The first-order chi connectivity index (χ1) is 25.7. The summed E-state index contributed by atoms with van der Waals surface area (Å²) in [6.45, 7) is 0. The zero-order chi connectivity index (χ0) is 34.6. The predicted molar refractivity (Wildman–Crippen MR) is 216 cm³/mol. The van der Waals surface area contributed by atoms with Crippen LogP contribution in [0.5, 0.6) is 0 Å². The van der Waals surface area contributed by atoms with Crippen LogP contribution in [0.2, 0.25) is 5.02 Å². The fourth-order valence-electron chi connectivity index (χ4n) is 8.36. The van der Waals surface area contributed by atoms with Crippen molar-refractivity contribution in [3.8, 4) is 22.3 Å². The molecule has 10 rings (SSSR count). The van der Waals surface area contributed by atoms with Gasteiger partial charge in [-0.05, 0) is 81.4 Å². The second kappa shape index (κ2) is 12.2. The van der Waals surface area contributed by atoms with Crippen LogP contribution < -0.4 is 4.90 Å². The summed E-state index contributed by atoms with van der Waals surface area (Å²) in [7, 11) is 0. The van der Waals surface area contributed by atoms with Gasteiger partial charge < -0.3 is 9.32 Å². The Morgan fingerprint density at radius 2 is 1.00 bits per heavy atom. The maximum absolute atomic E-state index is 7.53. The van der Waals surface area contributed by atoms with Crippen molar-refractivity contribution in [3.63, 3.8) is 0 Å². The van der Waals surface area contributed by atoms with Crippen LogP contribution in [0.3, 0.4) is 0 Å². The Hall–Kier alpha value is -6.35. The van der Waals surface area contributed by atoms with Crippen LogP contribution in [0.1, 0.15) is 22.3 Å². The molecule has 3 heteroatoms. The molecule has 0 atom stereocenters. The molecule has 0 saturated carbocycles. The van der Waals surface area contributed by atoms with Crippen molar-refractivity contribution in [2.24, 2.45) is 0 Å². The van der Waals surface area contributed by atoms with E-state index in [1.165, 1.54) is 22.3 Å². The predicted octanol–water partition coefficient (Wildman–Crippen LogP) is 13.7. The number of furan rings is 1. The maximum Gasteiger partial charge on any atom is 0.137 e. The molecular formula is C49H32ClNO. The lowest BCUT2D eigenvalue weighted by molar-refractivity contribution is 0.669. The summed E-state index contributed by atoms with van der Waals surface area (Å²) >= 11 is 7.53. The van der Waals surface area contributed by atoms with Crippen LogP contribution in [-0.4, -0.2) is 0 Å². The van der Waals surface area contributed by atoms with Gasteiger partial charge in [0, 0.05) is 39.5 Å². The van der Waals surface area contributed by atoms with Crippen molar-refractivity contribution < 1.29 is 4.42 Å². The van der Waals surface area contributed by atoms with E-state index in [2.05, 4.69) is 187 Å². The number of hydrogen-bond donors (Lipinski definition) is 0. The van der Waals surface area contributed by atoms with Gasteiger partial charge in [0.25, 0.3) is 0 Å². The third kappa shape index (κ3) is 4.65. The Bertz CT molecular complexity index is 2700. The highest BCUT2D eigenvalue weighted by atomic mass is 35.5. The SMILES string of the molecule is Clc1cc(N(c2ccc(-c3ccccc3)cc2)c2ccc3c(c2)oc2ccccc23)cc2c1-c1ccccc1C2(c1ccccc1)c1ccccc1. The number of fused-ring (bicyclic) bond motifs is 6. The standard InChI is InChI=1S/C49H32ClNO/c50-45-31-39(30-44-48(45)42-21-10-12-22-43(42)49(44,35-16-6-2-7-17-35)36-18-8-3-9-19-36)51(37-26-24-34(25-27-37)33-14-4-1-5-15-33)38-28-29-41-40-20-11-13-23-46(40)52-47(41)32-38/h1-32H. The van der Waals surface area contributed by atoms with Crippen LogP contribution in [0.25, 0.3) is 44.2 Å². The average molecular weight is 686 g/mol. The van der Waals surface area contributed by atoms with Gasteiger partial charge in [-0.15, -0.1) is 0 Å². The number of nitrogens with zero attached hydrogens (tertiary/aromatic N) is 1. The molecule has 0 amide bonds. The fourth-order valence-corrected chi connectivity index (χ4v) is 8.68. The third-order valence-electron chi connectivity index (χ3n) is 10.6. The minimum absolute atomic E-state index is 0.584. The quantitative estimate of drug-likeness (QED) is 0.173. The maximum atomic E-state index is 7.53. The Morgan fingerprint density at radius 1 is 0.423 bits per heavy atom. The molecule has 1 heterocycles. The van der Waals surface area contributed by atoms with E-state index in [-0.39, 0.29) is 0 Å². The lowest BCUT2D eigenvalue weighted by atomic mass is 9.67. The van der Waals surface area contributed by atoms with Gasteiger partial charge in [0.2, 0.25) is 0 Å². The van der Waals surface area contributed by atoms with Gasteiger partial charge in [-0.3, -0.25) is 0 Å². The number of benzene rings is 8. The minimum atomic E-state index is -0.584. The van der Waals surface area contributed by atoms with Gasteiger partial charge in [0.05, 0.1) is 10.4 Å². The van der Waals surface area contributed by atoms with Crippen LogP contribution in [-0.2, 0) is 5.41 Å². The summed E-state index contributed by atoms with van der Waals surface area (Å²) in [5.74, 6) is 0. The fraction of sp³-hybridized carbons (Fsp3) is 0.0204. The number of hydrogen-bond acceptors (Lipinski definition) is 2. The highest BCUT2D eigenvalue weighted by Gasteiger charge is 2.47. The van der Waals surface area contributed by atoms with Gasteiger partial charge in [-0.1, -0.05) is 157 Å². The Balaban J connectivity index is 1.24. The van der Waals surface area contributed by atoms with Crippen LogP contribution in [0.15, 0.2) is 199 Å². The van der Waals surface area contributed by atoms with Crippen LogP contribution in [0.4, 0.5) is 17.1 Å². The molecule has 0 fully saturated rings. The van der Waals surface area contributed by atoms with E-state index >= 15 is 0 Å². The lowest BCUT2D eigenvalue weighted by Gasteiger charge is -2.35. The van der Waals surface area contributed by atoms with E-state index in [0.717, 1.165) is 61.3 Å². The number of para-hydroxylation sites is 1. The van der Waals surface area contributed by atoms with Gasteiger partial charge in [0.1, 0.15) is 11.2 Å². The van der Waals surface area contributed by atoms with E-state index in [9.17, 15) is 0 Å². The highest BCUT2D eigenvalue weighted by Crippen LogP contribution is 2.59. The first-order valence-electron chi connectivity index (χ1n) is 17.6. The first kappa shape index (κ1) is 30.5. The summed E-state index contributed by atoms with van der Waals surface area (Å²) < 4.78 is 6.43. The molecule has 1 aliphatic rings. The highest BCUT2D eigenvalue weighted by molar-refractivity contribution is 6.34. The Kier molecular flexibility index (Phi) is 7.12. The van der Waals surface area contributed by atoms with E-state index in [4.69, 9.17) is 16.0 Å². The number of halogens is 1. The largest absolute Gasteiger partial charge is 0.456 e. The molecular weight excluding hydrogens is 654 g/mol. The van der Waals surface area contributed by atoms with Crippen molar-refractivity contribution in [1.82, 2.24) is 0 Å². The summed E-state index contributed by atoms with van der Waals surface area (Å²) in [5.41, 5.74) is 13.4. The second-order valence-corrected chi connectivity index (χ2v) is 13.8. The van der Waals surface area contributed by atoms with Gasteiger partial charge in [-0.25, -0.2) is 0 Å². The lowest BCUT2D eigenvalue weighted by Crippen LogP contribution is -2.28. The van der Waals surface area contributed by atoms with Crippen molar-refractivity contribution >= 4 is 50.6 Å². The van der Waals surface area contributed by atoms with E-state index in [1.807, 2.05) is 12.1 Å². The molecule has 0 saturated heterocycles. The van der Waals surface area contributed by atoms with E-state index in [0.29, 0.717) is 5.02 Å². The third-order valence-corrected chi connectivity index (χ3v) is 10.9. The van der Waals surface area contributed by atoms with Crippen molar-refractivity contribution in [2.45, 2.75) is 5.41 Å². The molecule has 2 nitrogen and oxygen atoms in total. The molecule has 0 spiro atoms. The van der Waals surface area contributed by atoms with Crippen LogP contribution in [0, 0.1) is 0 Å². The normalized spacial score (nSPS) is 12.9. The van der Waals surface area contributed by atoms with E-state index in [1.54, 1.807) is 0 Å². The number of rotatable bonds is 6. The van der Waals surface area contributed by atoms with Crippen molar-refractivity contribution in [2.75, 3.05) is 4.90 Å². The summed E-state index contributed by atoms with van der Waals surface area (Å²) in [6, 6.07) is 68.9. The zero-order valence-electron chi connectivity index (χ0n) is 28.2. The van der Waals surface area contributed by atoms with Crippen LogP contribution >= 0.6 is 11.6 Å². The van der Waals surface area contributed by atoms with Crippen molar-refractivity contribution in [3.05, 3.63) is 221 Å². The summed E-state index contributed by atoms with van der Waals surface area (Å²) in [6.07, 6.45) is 0. The molecule has 8 aromatic carbocycles. The summed E-state index contributed by atoms with van der Waals surface area (Å²) in [4.78, 5) is 2.30. The second-order valence-electron chi connectivity index (χ2n) is 13.4. The molecule has 0 radical (unpaired) electrons. The zero-order valence-corrected chi connectivity index (χ0v) is 29.0. The van der Waals surface area contributed by atoms with Gasteiger partial charge in [-0.2, -0.15) is 0 Å². The average Bonchev–Trinajstić information content (AvgIpc) is 3.73. The topological polar surface area (TPSA) is 16.4 Å². The number of anilines is 3. The molecule has 52 heavy (non-hydrogen) atoms. The Labute approximate surface area is 307 Å². The smallest absolute Gasteiger partial charge is 0.137 e. The van der Waals surface area contributed by atoms with Crippen molar-refractivity contribution in [1.29, 1.82) is 0 Å². The van der Waals surface area contributed by atoms with Gasteiger partial charge >= 0.3 is 0 Å². The monoisotopic (exact) mass is 685 g/mol. The summed E-state index contributed by atoms with van der Waals surface area (Å²) in [5, 5.41) is 2.91. The minimum Gasteiger partial charge on any atom is -0.456 e. The first-order valence-corrected chi connectivity index (χ1v) is 18.0.